The number of fused-ring (bicyclic) bond motifs is 3. The average Bonchev–Trinajstić information content (AvgIpc) is 3.21. The van der Waals surface area contributed by atoms with Crippen molar-refractivity contribution in [2.75, 3.05) is 19.6 Å². The van der Waals surface area contributed by atoms with Crippen molar-refractivity contribution in [3.05, 3.63) is 23.5 Å². The Labute approximate surface area is 136 Å². The maximum atomic E-state index is 5.54. The summed E-state index contributed by atoms with van der Waals surface area (Å²) < 4.78 is 0. The highest BCUT2D eigenvalue weighted by atomic mass is 15.7. The van der Waals surface area contributed by atoms with Gasteiger partial charge in [-0.1, -0.05) is 0 Å². The Hall–Kier alpha value is -1.83. The number of hydrogen-bond acceptors (Lipinski definition) is 6. The zero-order valence-corrected chi connectivity index (χ0v) is 13.3. The zero-order valence-electron chi connectivity index (χ0n) is 13.3. The molecule has 0 atom stereocenters. The van der Waals surface area contributed by atoms with Gasteiger partial charge in [-0.2, -0.15) is 0 Å². The van der Waals surface area contributed by atoms with E-state index in [1.165, 1.54) is 42.6 Å². The second-order valence-electron chi connectivity index (χ2n) is 6.56. The molecule has 0 bridgehead atoms. The largest absolute Gasteiger partial charge is 0.346 e. The Morgan fingerprint density at radius 3 is 3.00 bits per heavy atom. The van der Waals surface area contributed by atoms with E-state index < -0.39 is 0 Å². The van der Waals surface area contributed by atoms with Crippen LogP contribution in [0.4, 0.5) is 5.82 Å². The highest BCUT2D eigenvalue weighted by Crippen LogP contribution is 2.40. The van der Waals surface area contributed by atoms with Crippen molar-refractivity contribution in [2.45, 2.75) is 25.7 Å². The Kier molecular flexibility index (Phi) is 4.07. The van der Waals surface area contributed by atoms with Gasteiger partial charge in [0.15, 0.2) is 0 Å². The number of nitrogens with zero attached hydrogens (tertiary/aromatic N) is 2. The fourth-order valence-corrected chi connectivity index (χ4v) is 3.86. The van der Waals surface area contributed by atoms with Crippen molar-refractivity contribution in [2.24, 2.45) is 22.6 Å². The molecule has 4 rings (SSSR count). The Morgan fingerprint density at radius 2 is 2.17 bits per heavy atom. The van der Waals surface area contributed by atoms with Crippen LogP contribution in [0.1, 0.15) is 31.2 Å². The number of hydrazine groups is 2. The number of hydrogen-bond donors (Lipinski definition) is 5. The SMILES string of the molecule is NCCNC[C@H]1CC[C@H](C2=C3c4cc[nH]c4N=CN3NN2)CC1. The average molecular weight is 315 g/mol. The molecule has 0 aromatic carbocycles. The molecule has 3 aliphatic rings. The van der Waals surface area contributed by atoms with E-state index >= 15 is 0 Å². The molecule has 23 heavy (non-hydrogen) atoms. The first kappa shape index (κ1) is 14.7. The number of aliphatic imine (C=N–C) groups is 1. The number of nitrogens with one attached hydrogen (secondary N) is 4. The lowest BCUT2D eigenvalue weighted by Gasteiger charge is -2.29. The molecular weight excluding hydrogens is 290 g/mol. The highest BCUT2D eigenvalue weighted by Gasteiger charge is 2.33. The third-order valence-corrected chi connectivity index (χ3v) is 5.10. The van der Waals surface area contributed by atoms with Crippen LogP contribution in [0.5, 0.6) is 0 Å². The molecule has 124 valence electrons. The van der Waals surface area contributed by atoms with Crippen molar-refractivity contribution in [3.63, 3.8) is 0 Å². The molecule has 1 aliphatic carbocycles. The molecule has 2 aliphatic heterocycles. The van der Waals surface area contributed by atoms with Crippen LogP contribution in [0.25, 0.3) is 5.70 Å². The van der Waals surface area contributed by atoms with Crippen LogP contribution in [0.15, 0.2) is 23.0 Å². The summed E-state index contributed by atoms with van der Waals surface area (Å²) in [4.78, 5) is 7.62. The molecule has 0 spiro atoms. The first-order valence-corrected chi connectivity index (χ1v) is 8.54. The summed E-state index contributed by atoms with van der Waals surface area (Å²) in [5.41, 5.74) is 15.8. The van der Waals surface area contributed by atoms with Gasteiger partial charge in [0, 0.05) is 30.8 Å². The predicted octanol–water partition coefficient (Wildman–Crippen LogP) is 1.04. The van der Waals surface area contributed by atoms with Crippen LogP contribution in [-0.2, 0) is 0 Å². The maximum absolute atomic E-state index is 5.54. The van der Waals surface area contributed by atoms with Gasteiger partial charge in [-0.05, 0) is 44.2 Å². The van der Waals surface area contributed by atoms with E-state index in [1.807, 2.05) is 17.5 Å². The minimum Gasteiger partial charge on any atom is -0.346 e. The van der Waals surface area contributed by atoms with E-state index in [0.717, 1.165) is 31.4 Å². The van der Waals surface area contributed by atoms with Gasteiger partial charge >= 0.3 is 0 Å². The first-order valence-electron chi connectivity index (χ1n) is 8.54. The van der Waals surface area contributed by atoms with Crippen LogP contribution in [0.3, 0.4) is 0 Å². The number of aromatic amines is 1. The summed E-state index contributed by atoms with van der Waals surface area (Å²) in [5, 5.41) is 5.44. The Balaban J connectivity index is 1.45. The lowest BCUT2D eigenvalue weighted by molar-refractivity contribution is 0.283. The molecule has 1 aromatic heterocycles. The van der Waals surface area contributed by atoms with E-state index in [1.54, 1.807) is 0 Å². The van der Waals surface area contributed by atoms with Gasteiger partial charge in [0.25, 0.3) is 0 Å². The van der Waals surface area contributed by atoms with Gasteiger partial charge in [-0.15, -0.1) is 5.53 Å². The van der Waals surface area contributed by atoms with E-state index in [4.69, 9.17) is 5.73 Å². The highest BCUT2D eigenvalue weighted by molar-refractivity contribution is 5.87. The summed E-state index contributed by atoms with van der Waals surface area (Å²) in [6, 6.07) is 2.10. The maximum Gasteiger partial charge on any atom is 0.141 e. The topological polar surface area (TPSA) is 93.5 Å². The van der Waals surface area contributed by atoms with Crippen molar-refractivity contribution in [3.8, 4) is 0 Å². The fourth-order valence-electron chi connectivity index (χ4n) is 3.86. The molecule has 1 fully saturated rings. The lowest BCUT2D eigenvalue weighted by Crippen LogP contribution is -2.38. The third-order valence-electron chi connectivity index (χ3n) is 5.10. The van der Waals surface area contributed by atoms with Crippen molar-refractivity contribution < 1.29 is 0 Å². The molecule has 3 heterocycles. The molecule has 1 saturated carbocycles. The normalized spacial score (nSPS) is 26.2. The summed E-state index contributed by atoms with van der Waals surface area (Å²) >= 11 is 0. The number of aromatic nitrogens is 1. The molecular formula is C16H25N7. The molecule has 0 saturated heterocycles. The minimum atomic E-state index is 0.586. The van der Waals surface area contributed by atoms with Crippen molar-refractivity contribution >= 4 is 17.9 Å². The smallest absolute Gasteiger partial charge is 0.141 e. The lowest BCUT2D eigenvalue weighted by atomic mass is 9.79. The summed E-state index contributed by atoms with van der Waals surface area (Å²) in [6.45, 7) is 2.74. The molecule has 6 N–H and O–H groups in total. The van der Waals surface area contributed by atoms with E-state index in [2.05, 4.69) is 32.3 Å². The number of rotatable bonds is 5. The van der Waals surface area contributed by atoms with Gasteiger partial charge in [0.2, 0.25) is 0 Å². The first-order chi connectivity index (χ1) is 11.4. The second-order valence-corrected chi connectivity index (χ2v) is 6.56. The summed E-state index contributed by atoms with van der Waals surface area (Å²) in [7, 11) is 0. The van der Waals surface area contributed by atoms with E-state index in [0.29, 0.717) is 5.92 Å². The number of nitrogens with two attached hydrogens (primary N) is 1. The van der Waals surface area contributed by atoms with Crippen LogP contribution in [-0.4, -0.2) is 36.0 Å². The molecule has 7 nitrogen and oxygen atoms in total. The van der Waals surface area contributed by atoms with E-state index in [-0.39, 0.29) is 0 Å². The molecule has 0 radical (unpaired) electrons. The predicted molar refractivity (Wildman–Crippen MR) is 91.3 cm³/mol. The monoisotopic (exact) mass is 315 g/mol. The van der Waals surface area contributed by atoms with Gasteiger partial charge in [-0.3, -0.25) is 0 Å². The standard InChI is InChI=1S/C16H25N7/c17-6-8-18-9-11-1-3-12(4-2-11)14-15-13-5-7-19-16(13)20-10-23(15)22-21-14/h5,7,10-12,18-19,21-22H,1-4,6,8-9,17H2/t11-,12-. The molecule has 7 heteroatoms. The van der Waals surface area contributed by atoms with Crippen molar-refractivity contribution in [1.82, 2.24) is 26.3 Å². The van der Waals surface area contributed by atoms with Crippen molar-refractivity contribution in [1.29, 1.82) is 0 Å². The Bertz CT molecular complexity index is 610. The third kappa shape index (κ3) is 2.75. The minimum absolute atomic E-state index is 0.586. The quantitative estimate of drug-likeness (QED) is 0.524. The van der Waals surface area contributed by atoms with Gasteiger partial charge < -0.3 is 21.5 Å². The van der Waals surface area contributed by atoms with Crippen LogP contribution in [0, 0.1) is 11.8 Å². The zero-order chi connectivity index (χ0) is 15.6. The number of H-pyrrole nitrogens is 1. The molecule has 1 aromatic rings. The van der Waals surface area contributed by atoms with Crippen LogP contribution >= 0.6 is 0 Å². The van der Waals surface area contributed by atoms with Gasteiger partial charge in [0.1, 0.15) is 12.2 Å². The van der Waals surface area contributed by atoms with E-state index in [9.17, 15) is 0 Å². The van der Waals surface area contributed by atoms with Crippen LogP contribution < -0.4 is 22.0 Å². The van der Waals surface area contributed by atoms with Crippen LogP contribution in [0.2, 0.25) is 0 Å². The van der Waals surface area contributed by atoms with Gasteiger partial charge in [-0.25, -0.2) is 10.0 Å². The summed E-state index contributed by atoms with van der Waals surface area (Å²) in [6.07, 6.45) is 8.79. The second kappa shape index (κ2) is 6.35. The fraction of sp³-hybridized carbons (Fsp3) is 0.562. The summed E-state index contributed by atoms with van der Waals surface area (Å²) in [5.74, 6) is 2.31. The number of allylic oxidation sites excluding steroid dienone is 1. The molecule has 0 unspecified atom stereocenters. The Morgan fingerprint density at radius 1 is 1.30 bits per heavy atom. The molecule has 0 amide bonds. The van der Waals surface area contributed by atoms with Gasteiger partial charge in [0.05, 0.1) is 11.4 Å².